The van der Waals surface area contributed by atoms with E-state index < -0.39 is 5.54 Å². The summed E-state index contributed by atoms with van der Waals surface area (Å²) in [5.74, 6) is 0.211. The molecule has 0 spiro atoms. The van der Waals surface area contributed by atoms with Crippen molar-refractivity contribution in [3.05, 3.63) is 12.4 Å². The van der Waals surface area contributed by atoms with Crippen molar-refractivity contribution >= 4 is 17.4 Å². The molecular weight excluding hydrogens is 248 g/mol. The molecule has 1 unspecified atom stereocenters. The number of rotatable bonds is 5. The Hall–Kier alpha value is -2.25. The zero-order valence-corrected chi connectivity index (χ0v) is 11.1. The lowest BCUT2D eigenvalue weighted by Crippen LogP contribution is -2.44. The molecule has 0 aliphatic carbocycles. The molecule has 0 aliphatic rings. The Bertz CT molecular complexity index is 583. The molecule has 0 aromatic carbocycles. The first-order chi connectivity index (χ1) is 9.10. The van der Waals surface area contributed by atoms with Crippen LogP contribution in [0.2, 0.25) is 0 Å². The van der Waals surface area contributed by atoms with Crippen LogP contribution in [0.25, 0.3) is 5.65 Å². The molecule has 2 aromatic rings. The Kier molecular flexibility index (Phi) is 3.59. The van der Waals surface area contributed by atoms with Crippen molar-refractivity contribution < 1.29 is 9.53 Å². The van der Waals surface area contributed by atoms with Crippen LogP contribution in [-0.2, 0) is 9.53 Å². The lowest BCUT2D eigenvalue weighted by atomic mass is 9.96. The van der Waals surface area contributed by atoms with E-state index in [1.54, 1.807) is 19.3 Å². The van der Waals surface area contributed by atoms with Crippen LogP contribution in [0.1, 0.15) is 26.7 Å². The van der Waals surface area contributed by atoms with E-state index in [4.69, 9.17) is 4.74 Å². The summed E-state index contributed by atoms with van der Waals surface area (Å²) < 4.78 is 6.34. The largest absolute Gasteiger partial charge is 0.467 e. The van der Waals surface area contributed by atoms with Gasteiger partial charge in [-0.25, -0.2) is 4.79 Å². The number of tetrazole rings is 1. The van der Waals surface area contributed by atoms with Crippen LogP contribution in [0.3, 0.4) is 0 Å². The van der Waals surface area contributed by atoms with Gasteiger partial charge in [-0.1, -0.05) is 13.3 Å². The van der Waals surface area contributed by atoms with Crippen LogP contribution in [0, 0.1) is 0 Å². The smallest absolute Gasteiger partial charge is 0.331 e. The molecule has 102 valence electrons. The van der Waals surface area contributed by atoms with E-state index in [9.17, 15) is 4.79 Å². The number of nitrogens with one attached hydrogen (secondary N) is 1. The van der Waals surface area contributed by atoms with E-state index in [0.29, 0.717) is 17.9 Å². The average Bonchev–Trinajstić information content (AvgIpc) is 2.87. The van der Waals surface area contributed by atoms with Gasteiger partial charge in [-0.3, -0.25) is 4.98 Å². The molecule has 0 fully saturated rings. The summed E-state index contributed by atoms with van der Waals surface area (Å²) in [7, 11) is 1.37. The van der Waals surface area contributed by atoms with Crippen LogP contribution in [0.15, 0.2) is 12.4 Å². The highest BCUT2D eigenvalue weighted by Crippen LogP contribution is 2.21. The predicted octanol–water partition coefficient (Wildman–Crippen LogP) is 0.663. The average molecular weight is 264 g/mol. The van der Waals surface area contributed by atoms with Gasteiger partial charge in [0.1, 0.15) is 5.54 Å². The second kappa shape index (κ2) is 5.17. The highest BCUT2D eigenvalue weighted by molar-refractivity contribution is 5.83. The second-order valence-corrected chi connectivity index (χ2v) is 4.44. The number of aromatic nitrogens is 5. The Balaban J connectivity index is 2.36. The molecule has 1 atom stereocenters. The first-order valence-corrected chi connectivity index (χ1v) is 5.99. The molecule has 2 rings (SSSR count). The maximum absolute atomic E-state index is 11.9. The van der Waals surface area contributed by atoms with Gasteiger partial charge in [-0.05, 0) is 23.8 Å². The molecule has 8 heteroatoms. The summed E-state index contributed by atoms with van der Waals surface area (Å²) in [5, 5.41) is 14.3. The SMILES string of the molecule is CCCC(C)(Nc1cncc2nnnn12)C(=O)OC. The van der Waals surface area contributed by atoms with E-state index in [0.717, 1.165) is 6.42 Å². The van der Waals surface area contributed by atoms with Gasteiger partial charge in [-0.2, -0.15) is 4.52 Å². The molecule has 0 aliphatic heterocycles. The normalized spacial score (nSPS) is 14.1. The maximum Gasteiger partial charge on any atom is 0.331 e. The topological polar surface area (TPSA) is 94.3 Å². The number of methoxy groups -OCH3 is 1. The van der Waals surface area contributed by atoms with E-state index in [1.165, 1.54) is 11.6 Å². The number of hydrogen-bond acceptors (Lipinski definition) is 7. The molecule has 0 radical (unpaired) electrons. The van der Waals surface area contributed by atoms with Crippen LogP contribution in [-0.4, -0.2) is 43.6 Å². The van der Waals surface area contributed by atoms with E-state index in [-0.39, 0.29) is 5.97 Å². The predicted molar refractivity (Wildman–Crippen MR) is 67.5 cm³/mol. The number of carbonyl (C=O) groups is 1. The van der Waals surface area contributed by atoms with Crippen LogP contribution in [0.4, 0.5) is 5.82 Å². The highest BCUT2D eigenvalue weighted by Gasteiger charge is 2.34. The van der Waals surface area contributed by atoms with Gasteiger partial charge in [-0.15, -0.1) is 5.10 Å². The summed E-state index contributed by atoms with van der Waals surface area (Å²) in [6.07, 6.45) is 4.57. The van der Waals surface area contributed by atoms with Crippen molar-refractivity contribution in [2.75, 3.05) is 12.4 Å². The van der Waals surface area contributed by atoms with Gasteiger partial charge in [0.15, 0.2) is 11.5 Å². The summed E-state index contributed by atoms with van der Waals surface area (Å²) in [6.45, 7) is 3.78. The number of hydrogen-bond donors (Lipinski definition) is 1. The lowest BCUT2D eigenvalue weighted by Gasteiger charge is -2.28. The number of fused-ring (bicyclic) bond motifs is 1. The van der Waals surface area contributed by atoms with E-state index in [1.807, 2.05) is 6.92 Å². The number of carbonyl (C=O) groups excluding carboxylic acids is 1. The standard InChI is InChI=1S/C11H16N6O2/c1-4-5-11(2,10(18)19-3)13-8-6-12-7-9-14-15-16-17(8)9/h6-7,13H,4-5H2,1-3H3. The van der Waals surface area contributed by atoms with Gasteiger partial charge in [0.05, 0.1) is 19.5 Å². The van der Waals surface area contributed by atoms with Gasteiger partial charge in [0.25, 0.3) is 0 Å². The molecule has 2 aromatic heterocycles. The minimum atomic E-state index is -0.842. The summed E-state index contributed by atoms with van der Waals surface area (Å²) >= 11 is 0. The fourth-order valence-electron chi connectivity index (χ4n) is 1.98. The Morgan fingerprint density at radius 2 is 2.32 bits per heavy atom. The molecule has 8 nitrogen and oxygen atoms in total. The van der Waals surface area contributed by atoms with Crippen LogP contribution >= 0.6 is 0 Å². The maximum atomic E-state index is 11.9. The number of nitrogens with zero attached hydrogens (tertiary/aromatic N) is 5. The fourth-order valence-corrected chi connectivity index (χ4v) is 1.98. The second-order valence-electron chi connectivity index (χ2n) is 4.44. The van der Waals surface area contributed by atoms with E-state index in [2.05, 4.69) is 25.8 Å². The molecule has 19 heavy (non-hydrogen) atoms. The first-order valence-electron chi connectivity index (χ1n) is 5.99. The molecule has 2 heterocycles. The minimum Gasteiger partial charge on any atom is -0.467 e. The fraction of sp³-hybridized carbons (Fsp3) is 0.545. The zero-order chi connectivity index (χ0) is 13.9. The van der Waals surface area contributed by atoms with Gasteiger partial charge in [0.2, 0.25) is 0 Å². The van der Waals surface area contributed by atoms with Crippen molar-refractivity contribution in [1.82, 2.24) is 25.0 Å². The lowest BCUT2D eigenvalue weighted by molar-refractivity contribution is -0.145. The zero-order valence-electron chi connectivity index (χ0n) is 11.1. The number of esters is 1. The third kappa shape index (κ3) is 2.47. The summed E-state index contributed by atoms with van der Waals surface area (Å²) in [6, 6.07) is 0. The highest BCUT2D eigenvalue weighted by atomic mass is 16.5. The van der Waals surface area contributed by atoms with Crippen molar-refractivity contribution in [2.45, 2.75) is 32.2 Å². The monoisotopic (exact) mass is 264 g/mol. The van der Waals surface area contributed by atoms with Crippen molar-refractivity contribution in [3.8, 4) is 0 Å². The van der Waals surface area contributed by atoms with Crippen molar-refractivity contribution in [3.63, 3.8) is 0 Å². The van der Waals surface area contributed by atoms with Crippen LogP contribution in [0.5, 0.6) is 0 Å². The minimum absolute atomic E-state index is 0.334. The molecule has 0 amide bonds. The Morgan fingerprint density at radius 1 is 1.53 bits per heavy atom. The van der Waals surface area contributed by atoms with Crippen molar-refractivity contribution in [2.24, 2.45) is 0 Å². The number of anilines is 1. The first kappa shape index (κ1) is 13.2. The molecular formula is C11H16N6O2. The summed E-state index contributed by atoms with van der Waals surface area (Å²) in [5.41, 5.74) is -0.334. The Morgan fingerprint density at radius 3 is 3.00 bits per heavy atom. The molecule has 1 N–H and O–H groups in total. The summed E-state index contributed by atoms with van der Waals surface area (Å²) in [4.78, 5) is 16.0. The van der Waals surface area contributed by atoms with Gasteiger partial charge in [0, 0.05) is 0 Å². The van der Waals surface area contributed by atoms with Crippen LogP contribution < -0.4 is 5.32 Å². The third-order valence-electron chi connectivity index (χ3n) is 2.90. The number of ether oxygens (including phenoxy) is 1. The molecule has 0 saturated heterocycles. The third-order valence-corrected chi connectivity index (χ3v) is 2.90. The Labute approximate surface area is 110 Å². The molecule has 0 bridgehead atoms. The van der Waals surface area contributed by atoms with Gasteiger partial charge < -0.3 is 10.1 Å². The quantitative estimate of drug-likeness (QED) is 0.793. The van der Waals surface area contributed by atoms with Gasteiger partial charge >= 0.3 is 5.97 Å². The molecule has 0 saturated carbocycles. The van der Waals surface area contributed by atoms with Crippen molar-refractivity contribution in [1.29, 1.82) is 0 Å². The van der Waals surface area contributed by atoms with E-state index >= 15 is 0 Å².